The number of nitrogens with zero attached hydrogens (tertiary/aromatic N) is 1. The molecule has 2 heterocycles. The Bertz CT molecular complexity index is 223. The van der Waals surface area contributed by atoms with E-state index < -0.39 is 0 Å². The first kappa shape index (κ1) is 12.1. The molecule has 0 saturated carbocycles. The molecule has 0 aromatic rings. The molecule has 0 aromatic carbocycles. The standard InChI is InChI=1S/C14H26N2/c1-2-6-14(7-9-15-10-8-14)13-16-11-4-3-5-12-16/h3-4,15H,2,5-13H2,1H3. The molecule has 0 aromatic heterocycles. The monoisotopic (exact) mass is 222 g/mol. The van der Waals surface area contributed by atoms with Gasteiger partial charge in [0.05, 0.1) is 0 Å². The van der Waals surface area contributed by atoms with E-state index >= 15 is 0 Å². The first-order valence-electron chi connectivity index (χ1n) is 6.93. The summed E-state index contributed by atoms with van der Waals surface area (Å²) in [5.41, 5.74) is 0.616. The van der Waals surface area contributed by atoms with Crippen molar-refractivity contribution in [2.45, 2.75) is 39.0 Å². The zero-order chi connectivity index (χ0) is 11.3. The van der Waals surface area contributed by atoms with Crippen LogP contribution in [0.2, 0.25) is 0 Å². The Labute approximate surface area is 100 Å². The Hall–Kier alpha value is -0.340. The summed E-state index contributed by atoms with van der Waals surface area (Å²) in [4.78, 5) is 2.65. The Balaban J connectivity index is 1.92. The fourth-order valence-electron chi connectivity index (χ4n) is 3.28. The summed E-state index contributed by atoms with van der Waals surface area (Å²) >= 11 is 0. The second-order valence-corrected chi connectivity index (χ2v) is 5.50. The number of piperidine rings is 1. The molecule has 16 heavy (non-hydrogen) atoms. The second-order valence-electron chi connectivity index (χ2n) is 5.50. The van der Waals surface area contributed by atoms with Crippen molar-refractivity contribution in [1.29, 1.82) is 0 Å². The smallest absolute Gasteiger partial charge is 0.0163 e. The molecule has 2 aliphatic heterocycles. The van der Waals surface area contributed by atoms with Gasteiger partial charge < -0.3 is 5.32 Å². The van der Waals surface area contributed by atoms with Crippen LogP contribution in [0.4, 0.5) is 0 Å². The van der Waals surface area contributed by atoms with E-state index in [9.17, 15) is 0 Å². The average molecular weight is 222 g/mol. The lowest BCUT2D eigenvalue weighted by Gasteiger charge is -2.42. The first-order chi connectivity index (χ1) is 7.85. The molecule has 0 spiro atoms. The van der Waals surface area contributed by atoms with Gasteiger partial charge in [0.2, 0.25) is 0 Å². The SMILES string of the molecule is CCCC1(CN2CC=CCC2)CCNCC1. The Morgan fingerprint density at radius 2 is 2.06 bits per heavy atom. The van der Waals surface area contributed by atoms with Gasteiger partial charge in [0, 0.05) is 19.6 Å². The minimum atomic E-state index is 0.616. The van der Waals surface area contributed by atoms with Crippen molar-refractivity contribution in [2.24, 2.45) is 5.41 Å². The molecule has 1 N–H and O–H groups in total. The van der Waals surface area contributed by atoms with Crippen LogP contribution >= 0.6 is 0 Å². The van der Waals surface area contributed by atoms with E-state index in [2.05, 4.69) is 29.3 Å². The van der Waals surface area contributed by atoms with Gasteiger partial charge in [-0.25, -0.2) is 0 Å². The summed E-state index contributed by atoms with van der Waals surface area (Å²) in [7, 11) is 0. The molecule has 92 valence electrons. The third-order valence-electron chi connectivity index (χ3n) is 4.15. The Morgan fingerprint density at radius 3 is 2.69 bits per heavy atom. The molecule has 2 aliphatic rings. The maximum absolute atomic E-state index is 3.50. The van der Waals surface area contributed by atoms with E-state index in [0.717, 1.165) is 0 Å². The quantitative estimate of drug-likeness (QED) is 0.735. The molecule has 0 atom stereocenters. The normalized spacial score (nSPS) is 25.8. The van der Waals surface area contributed by atoms with Crippen LogP contribution < -0.4 is 5.32 Å². The lowest BCUT2D eigenvalue weighted by Crippen LogP contribution is -2.45. The van der Waals surface area contributed by atoms with Gasteiger partial charge in [-0.3, -0.25) is 4.90 Å². The van der Waals surface area contributed by atoms with Gasteiger partial charge in [-0.15, -0.1) is 0 Å². The van der Waals surface area contributed by atoms with Gasteiger partial charge >= 0.3 is 0 Å². The minimum Gasteiger partial charge on any atom is -0.317 e. The van der Waals surface area contributed by atoms with E-state index in [1.807, 2.05) is 0 Å². The summed E-state index contributed by atoms with van der Waals surface area (Å²) in [5.74, 6) is 0. The van der Waals surface area contributed by atoms with Crippen molar-refractivity contribution in [3.05, 3.63) is 12.2 Å². The van der Waals surface area contributed by atoms with Crippen LogP contribution in [0.25, 0.3) is 0 Å². The number of nitrogens with one attached hydrogen (secondary N) is 1. The summed E-state index contributed by atoms with van der Waals surface area (Å²) < 4.78 is 0. The van der Waals surface area contributed by atoms with Crippen molar-refractivity contribution in [2.75, 3.05) is 32.7 Å². The predicted octanol–water partition coefficient (Wildman–Crippen LogP) is 2.42. The molecule has 2 nitrogen and oxygen atoms in total. The van der Waals surface area contributed by atoms with E-state index in [0.29, 0.717) is 5.41 Å². The lowest BCUT2D eigenvalue weighted by molar-refractivity contribution is 0.106. The van der Waals surface area contributed by atoms with Crippen LogP contribution in [-0.4, -0.2) is 37.6 Å². The fraction of sp³-hybridized carbons (Fsp3) is 0.857. The van der Waals surface area contributed by atoms with E-state index in [1.54, 1.807) is 0 Å². The highest BCUT2D eigenvalue weighted by Crippen LogP contribution is 2.35. The highest BCUT2D eigenvalue weighted by molar-refractivity contribution is 4.94. The van der Waals surface area contributed by atoms with Gasteiger partial charge in [-0.2, -0.15) is 0 Å². The lowest BCUT2D eigenvalue weighted by atomic mass is 9.75. The molecule has 1 fully saturated rings. The highest BCUT2D eigenvalue weighted by Gasteiger charge is 2.32. The van der Waals surface area contributed by atoms with Crippen LogP contribution in [-0.2, 0) is 0 Å². The number of hydrogen-bond acceptors (Lipinski definition) is 2. The van der Waals surface area contributed by atoms with Crippen molar-refractivity contribution in [3.8, 4) is 0 Å². The third kappa shape index (κ3) is 3.08. The van der Waals surface area contributed by atoms with E-state index in [1.165, 1.54) is 64.8 Å². The maximum Gasteiger partial charge on any atom is 0.0163 e. The zero-order valence-electron chi connectivity index (χ0n) is 10.7. The molecule has 0 radical (unpaired) electrons. The Kier molecular flexibility index (Phi) is 4.42. The van der Waals surface area contributed by atoms with Crippen LogP contribution in [0.5, 0.6) is 0 Å². The molecule has 0 unspecified atom stereocenters. The second kappa shape index (κ2) is 5.83. The third-order valence-corrected chi connectivity index (χ3v) is 4.15. The molecule has 2 heteroatoms. The topological polar surface area (TPSA) is 15.3 Å². The molecule has 1 saturated heterocycles. The minimum absolute atomic E-state index is 0.616. The van der Waals surface area contributed by atoms with Gasteiger partial charge in [0.25, 0.3) is 0 Å². The molecular formula is C14H26N2. The zero-order valence-corrected chi connectivity index (χ0v) is 10.7. The molecule has 0 amide bonds. The number of rotatable bonds is 4. The van der Waals surface area contributed by atoms with Crippen LogP contribution in [0.15, 0.2) is 12.2 Å². The fourth-order valence-corrected chi connectivity index (χ4v) is 3.28. The van der Waals surface area contributed by atoms with Crippen molar-refractivity contribution in [1.82, 2.24) is 10.2 Å². The van der Waals surface area contributed by atoms with E-state index in [4.69, 9.17) is 0 Å². The number of hydrogen-bond donors (Lipinski definition) is 1. The Morgan fingerprint density at radius 1 is 1.25 bits per heavy atom. The van der Waals surface area contributed by atoms with Gasteiger partial charge in [0.1, 0.15) is 0 Å². The van der Waals surface area contributed by atoms with Gasteiger partial charge in [-0.05, 0) is 44.2 Å². The van der Waals surface area contributed by atoms with Crippen LogP contribution in [0.3, 0.4) is 0 Å². The van der Waals surface area contributed by atoms with Gasteiger partial charge in [-0.1, -0.05) is 25.5 Å². The molecule has 2 rings (SSSR count). The van der Waals surface area contributed by atoms with Crippen LogP contribution in [0.1, 0.15) is 39.0 Å². The average Bonchev–Trinajstić information content (AvgIpc) is 2.31. The largest absolute Gasteiger partial charge is 0.317 e. The predicted molar refractivity (Wildman–Crippen MR) is 69.6 cm³/mol. The van der Waals surface area contributed by atoms with Crippen molar-refractivity contribution >= 4 is 0 Å². The molecule has 0 aliphatic carbocycles. The van der Waals surface area contributed by atoms with Crippen molar-refractivity contribution in [3.63, 3.8) is 0 Å². The summed E-state index contributed by atoms with van der Waals surface area (Å²) in [6.45, 7) is 8.56. The van der Waals surface area contributed by atoms with Crippen molar-refractivity contribution < 1.29 is 0 Å². The summed E-state index contributed by atoms with van der Waals surface area (Å²) in [5, 5.41) is 3.50. The van der Waals surface area contributed by atoms with E-state index in [-0.39, 0.29) is 0 Å². The maximum atomic E-state index is 3.50. The first-order valence-corrected chi connectivity index (χ1v) is 6.93. The highest BCUT2D eigenvalue weighted by atomic mass is 15.1. The summed E-state index contributed by atoms with van der Waals surface area (Å²) in [6, 6.07) is 0. The summed E-state index contributed by atoms with van der Waals surface area (Å²) in [6.07, 6.45) is 11.4. The van der Waals surface area contributed by atoms with Gasteiger partial charge in [0.15, 0.2) is 0 Å². The van der Waals surface area contributed by atoms with Crippen LogP contribution in [0, 0.1) is 5.41 Å². The molecule has 0 bridgehead atoms. The molecular weight excluding hydrogens is 196 g/mol.